The molecule has 0 atom stereocenters. The van der Waals surface area contributed by atoms with E-state index in [9.17, 15) is 9.18 Å². The number of anilines is 1. The van der Waals surface area contributed by atoms with E-state index in [4.69, 9.17) is 32.7 Å². The Morgan fingerprint density at radius 2 is 2.03 bits per heavy atom. The van der Waals surface area contributed by atoms with Crippen molar-refractivity contribution in [2.24, 2.45) is 0 Å². The van der Waals surface area contributed by atoms with Crippen LogP contribution in [0.15, 0.2) is 28.6 Å². The number of carbonyl (C=O) groups excluding carboxylic acids is 1. The van der Waals surface area contributed by atoms with Gasteiger partial charge >= 0.3 is 0 Å². The summed E-state index contributed by atoms with van der Waals surface area (Å²) >= 11 is 14.2. The average molecular weight is 473 g/mol. The van der Waals surface area contributed by atoms with E-state index in [1.807, 2.05) is 0 Å². The molecule has 12 heteroatoms. The highest BCUT2D eigenvalue weighted by Gasteiger charge is 2.18. The molecule has 2 aromatic heterocycles. The Morgan fingerprint density at radius 1 is 1.24 bits per heavy atom. The van der Waals surface area contributed by atoms with Crippen LogP contribution in [0.25, 0.3) is 0 Å². The van der Waals surface area contributed by atoms with Crippen molar-refractivity contribution in [3.63, 3.8) is 0 Å². The second-order valence-electron chi connectivity index (χ2n) is 5.78. The summed E-state index contributed by atoms with van der Waals surface area (Å²) in [4.78, 5) is 16.1. The molecule has 0 saturated carbocycles. The van der Waals surface area contributed by atoms with Crippen LogP contribution in [-0.4, -0.2) is 27.9 Å². The molecule has 0 radical (unpaired) electrons. The first-order valence-electron chi connectivity index (χ1n) is 8.10. The van der Waals surface area contributed by atoms with Crippen molar-refractivity contribution in [3.05, 3.63) is 57.1 Å². The Balaban J connectivity index is 1.42. The highest BCUT2D eigenvalue weighted by molar-refractivity contribution is 8.00. The van der Waals surface area contributed by atoms with Crippen LogP contribution in [0.3, 0.4) is 0 Å². The summed E-state index contributed by atoms with van der Waals surface area (Å²) in [5.41, 5.74) is 1.63. The minimum absolute atomic E-state index is 0.113. The highest BCUT2D eigenvalue weighted by Crippen LogP contribution is 2.35. The number of aromatic nitrogens is 3. The van der Waals surface area contributed by atoms with Gasteiger partial charge in [0, 0.05) is 22.4 Å². The minimum Gasteiger partial charge on any atom is -0.467 e. The van der Waals surface area contributed by atoms with E-state index in [0.717, 1.165) is 0 Å². The Labute approximate surface area is 182 Å². The first-order chi connectivity index (χ1) is 14.0. The van der Waals surface area contributed by atoms with Crippen LogP contribution < -0.4 is 10.1 Å². The molecule has 7 nitrogen and oxygen atoms in total. The molecule has 3 aromatic rings. The van der Waals surface area contributed by atoms with Gasteiger partial charge in [0.15, 0.2) is 11.1 Å². The smallest absolute Gasteiger partial charge is 0.257 e. The van der Waals surface area contributed by atoms with Crippen LogP contribution >= 0.6 is 46.3 Å². The maximum atomic E-state index is 13.8. The van der Waals surface area contributed by atoms with Crippen molar-refractivity contribution >= 4 is 57.3 Å². The van der Waals surface area contributed by atoms with Crippen LogP contribution in [0, 0.1) is 5.82 Å². The van der Waals surface area contributed by atoms with E-state index in [0.29, 0.717) is 38.7 Å². The van der Waals surface area contributed by atoms with Gasteiger partial charge in [0.2, 0.25) is 5.13 Å². The zero-order valence-electron chi connectivity index (χ0n) is 14.4. The number of rotatable bonds is 5. The minimum atomic E-state index is -0.434. The van der Waals surface area contributed by atoms with Crippen molar-refractivity contribution in [1.82, 2.24) is 15.2 Å². The molecule has 0 bridgehead atoms. The topological polar surface area (TPSA) is 86.2 Å². The van der Waals surface area contributed by atoms with Gasteiger partial charge in [0.05, 0.1) is 6.61 Å². The van der Waals surface area contributed by atoms with Gasteiger partial charge in [-0.1, -0.05) is 46.3 Å². The molecule has 0 spiro atoms. The van der Waals surface area contributed by atoms with Gasteiger partial charge in [0.25, 0.3) is 5.91 Å². The van der Waals surface area contributed by atoms with E-state index in [-0.39, 0.29) is 28.5 Å². The lowest BCUT2D eigenvalue weighted by Gasteiger charge is -2.20. The quantitative estimate of drug-likeness (QED) is 0.324. The molecule has 4 rings (SSSR count). The zero-order valence-corrected chi connectivity index (χ0v) is 17.6. The normalized spacial score (nSPS) is 12.9. The lowest BCUT2D eigenvalue weighted by Crippen LogP contribution is -2.13. The number of thioether (sulfide) groups is 1. The summed E-state index contributed by atoms with van der Waals surface area (Å²) in [5, 5.41) is 11.2. The standard InChI is InChI=1S/C17H11Cl2FN4O3S2/c18-12-3-8(4-13(19)21-12)15(25)22-16-23-24-17(29-16)28-6-10-2-11(20)1-9-5-26-7-27-14(9)10/h1-4H,5-7H2,(H,22,23,25). The Morgan fingerprint density at radius 3 is 2.83 bits per heavy atom. The lowest BCUT2D eigenvalue weighted by atomic mass is 10.1. The highest BCUT2D eigenvalue weighted by atomic mass is 35.5. The summed E-state index contributed by atoms with van der Waals surface area (Å²) in [6.45, 7) is 0.442. The maximum absolute atomic E-state index is 13.8. The van der Waals surface area contributed by atoms with Crippen LogP contribution in [0.5, 0.6) is 5.75 Å². The monoisotopic (exact) mass is 472 g/mol. The van der Waals surface area contributed by atoms with Crippen molar-refractivity contribution in [1.29, 1.82) is 0 Å². The largest absolute Gasteiger partial charge is 0.467 e. The zero-order chi connectivity index (χ0) is 20.4. The number of halogens is 3. The van der Waals surface area contributed by atoms with E-state index < -0.39 is 5.91 Å². The molecule has 3 heterocycles. The van der Waals surface area contributed by atoms with Gasteiger partial charge in [-0.05, 0) is 24.3 Å². The van der Waals surface area contributed by atoms with Crippen molar-refractivity contribution in [2.75, 3.05) is 12.1 Å². The van der Waals surface area contributed by atoms with E-state index in [1.54, 1.807) is 0 Å². The number of benzene rings is 1. The molecule has 0 unspecified atom stereocenters. The lowest BCUT2D eigenvalue weighted by molar-refractivity contribution is -0.0171. The van der Waals surface area contributed by atoms with Gasteiger partial charge < -0.3 is 9.47 Å². The maximum Gasteiger partial charge on any atom is 0.257 e. The predicted molar refractivity (Wildman–Crippen MR) is 108 cm³/mol. The number of hydrogen-bond donors (Lipinski definition) is 1. The van der Waals surface area contributed by atoms with Gasteiger partial charge in [0.1, 0.15) is 21.9 Å². The van der Waals surface area contributed by atoms with E-state index in [1.165, 1.54) is 47.4 Å². The number of carbonyl (C=O) groups is 1. The first-order valence-corrected chi connectivity index (χ1v) is 10.7. The Bertz CT molecular complexity index is 1060. The van der Waals surface area contributed by atoms with Gasteiger partial charge in [-0.2, -0.15) is 0 Å². The third kappa shape index (κ3) is 4.96. The predicted octanol–water partition coefficient (Wildman–Crippen LogP) is 4.79. The van der Waals surface area contributed by atoms with Crippen LogP contribution in [-0.2, 0) is 17.1 Å². The van der Waals surface area contributed by atoms with Crippen LogP contribution in [0.2, 0.25) is 10.3 Å². The van der Waals surface area contributed by atoms with Gasteiger partial charge in [-0.25, -0.2) is 9.37 Å². The summed E-state index contributed by atoms with van der Waals surface area (Å²) in [6, 6.07) is 5.63. The third-order valence-electron chi connectivity index (χ3n) is 3.75. The Hall–Kier alpha value is -1.98. The number of nitrogens with one attached hydrogen (secondary N) is 1. The fourth-order valence-corrected chi connectivity index (χ4v) is 4.76. The summed E-state index contributed by atoms with van der Waals surface area (Å²) in [5.74, 6) is 0.276. The van der Waals surface area contributed by atoms with Crippen molar-refractivity contribution in [3.8, 4) is 5.75 Å². The molecule has 1 aliphatic heterocycles. The molecule has 1 aromatic carbocycles. The molecule has 150 valence electrons. The summed E-state index contributed by atoms with van der Waals surface area (Å²) < 4.78 is 25.1. The van der Waals surface area contributed by atoms with Crippen molar-refractivity contribution < 1.29 is 18.7 Å². The van der Waals surface area contributed by atoms with E-state index >= 15 is 0 Å². The number of pyridine rings is 1. The fraction of sp³-hybridized carbons (Fsp3) is 0.176. The van der Waals surface area contributed by atoms with Gasteiger partial charge in [-0.15, -0.1) is 10.2 Å². The summed E-state index contributed by atoms with van der Waals surface area (Å²) in [7, 11) is 0. The number of fused-ring (bicyclic) bond motifs is 1. The first kappa shape index (κ1) is 20.3. The number of amides is 1. The van der Waals surface area contributed by atoms with Crippen LogP contribution in [0.1, 0.15) is 21.5 Å². The molecule has 0 aliphatic carbocycles. The number of nitrogens with zero attached hydrogens (tertiary/aromatic N) is 3. The molecule has 29 heavy (non-hydrogen) atoms. The molecule has 0 saturated heterocycles. The Kier molecular flexibility index (Phi) is 6.16. The average Bonchev–Trinajstić information content (AvgIpc) is 3.12. The third-order valence-corrected chi connectivity index (χ3v) is 6.16. The molecule has 1 N–H and O–H groups in total. The second-order valence-corrected chi connectivity index (χ2v) is 8.76. The number of ether oxygens (including phenoxy) is 2. The fourth-order valence-electron chi connectivity index (χ4n) is 2.59. The molecule has 0 fully saturated rings. The van der Waals surface area contributed by atoms with Gasteiger partial charge in [-0.3, -0.25) is 10.1 Å². The number of hydrogen-bond acceptors (Lipinski definition) is 8. The summed E-state index contributed by atoms with van der Waals surface area (Å²) in [6.07, 6.45) is 0. The van der Waals surface area contributed by atoms with Crippen LogP contribution in [0.4, 0.5) is 9.52 Å². The second kappa shape index (κ2) is 8.80. The molecular weight excluding hydrogens is 462 g/mol. The molecular formula is C17H11Cl2FN4O3S2. The SMILES string of the molecule is O=C(Nc1nnc(SCc2cc(F)cc3c2OCOC3)s1)c1cc(Cl)nc(Cl)c1. The molecule has 1 amide bonds. The van der Waals surface area contributed by atoms with Crippen molar-refractivity contribution in [2.45, 2.75) is 16.7 Å². The molecule has 1 aliphatic rings. The van der Waals surface area contributed by atoms with E-state index in [2.05, 4.69) is 20.5 Å².